The van der Waals surface area contributed by atoms with Gasteiger partial charge in [0.05, 0.1) is 18.5 Å². The van der Waals surface area contributed by atoms with Crippen LogP contribution in [0.3, 0.4) is 0 Å². The summed E-state index contributed by atoms with van der Waals surface area (Å²) < 4.78 is 31.9. The Bertz CT molecular complexity index is 546. The van der Waals surface area contributed by atoms with Crippen molar-refractivity contribution < 1.29 is 17.9 Å². The first-order chi connectivity index (χ1) is 11.4. The summed E-state index contributed by atoms with van der Waals surface area (Å²) in [6.45, 7) is 4.03. The highest BCUT2D eigenvalue weighted by molar-refractivity contribution is 7.88. The number of piperidine rings is 2. The number of fused-ring (bicyclic) bond motifs is 2. The van der Waals surface area contributed by atoms with E-state index in [4.69, 9.17) is 4.74 Å². The molecule has 0 spiro atoms. The highest BCUT2D eigenvalue weighted by atomic mass is 32.2. The molecule has 0 aromatic heterocycles. The first-order valence-corrected chi connectivity index (χ1v) is 10.9. The van der Waals surface area contributed by atoms with E-state index < -0.39 is 10.0 Å². The number of sulfonamides is 1. The van der Waals surface area contributed by atoms with Crippen molar-refractivity contribution in [3.63, 3.8) is 0 Å². The second-order valence-corrected chi connectivity index (χ2v) is 9.12. The molecule has 0 aliphatic carbocycles. The van der Waals surface area contributed by atoms with Gasteiger partial charge >= 0.3 is 6.03 Å². The summed E-state index contributed by atoms with van der Waals surface area (Å²) in [6.07, 6.45) is 6.89. The second kappa shape index (κ2) is 7.17. The van der Waals surface area contributed by atoms with Gasteiger partial charge in [-0.15, -0.1) is 0 Å². The summed E-state index contributed by atoms with van der Waals surface area (Å²) in [5, 5.41) is 2.83. The number of hydrogen-bond donors (Lipinski definition) is 1. The van der Waals surface area contributed by atoms with Crippen molar-refractivity contribution in [2.75, 3.05) is 25.9 Å². The van der Waals surface area contributed by atoms with Crippen LogP contribution in [0.15, 0.2) is 0 Å². The van der Waals surface area contributed by atoms with Crippen LogP contribution in [-0.4, -0.2) is 73.8 Å². The molecule has 1 N–H and O–H groups in total. The van der Waals surface area contributed by atoms with Gasteiger partial charge in [0, 0.05) is 31.7 Å². The lowest BCUT2D eigenvalue weighted by molar-refractivity contribution is -0.0652. The van der Waals surface area contributed by atoms with Gasteiger partial charge in [-0.05, 0) is 45.4 Å². The number of amides is 2. The molecule has 3 aliphatic rings. The van der Waals surface area contributed by atoms with Crippen LogP contribution < -0.4 is 5.32 Å². The molecule has 0 saturated carbocycles. The van der Waals surface area contributed by atoms with Gasteiger partial charge < -0.3 is 15.0 Å². The Morgan fingerprint density at radius 2 is 1.67 bits per heavy atom. The fourth-order valence-corrected chi connectivity index (χ4v) is 5.93. The van der Waals surface area contributed by atoms with E-state index in [0.29, 0.717) is 6.54 Å². The van der Waals surface area contributed by atoms with Gasteiger partial charge in [-0.1, -0.05) is 0 Å². The Kier molecular flexibility index (Phi) is 5.36. The molecule has 3 heterocycles. The highest BCUT2D eigenvalue weighted by Gasteiger charge is 2.46. The van der Waals surface area contributed by atoms with Crippen LogP contribution in [0.5, 0.6) is 0 Å². The molecule has 0 aromatic carbocycles. The van der Waals surface area contributed by atoms with Crippen LogP contribution in [0.25, 0.3) is 0 Å². The molecule has 2 bridgehead atoms. The van der Waals surface area contributed by atoms with Crippen molar-refractivity contribution in [1.82, 2.24) is 14.5 Å². The van der Waals surface area contributed by atoms with E-state index >= 15 is 0 Å². The number of urea groups is 1. The van der Waals surface area contributed by atoms with Crippen LogP contribution in [0.4, 0.5) is 4.79 Å². The van der Waals surface area contributed by atoms with Crippen LogP contribution in [-0.2, 0) is 14.8 Å². The van der Waals surface area contributed by atoms with Gasteiger partial charge in [0.1, 0.15) is 0 Å². The van der Waals surface area contributed by atoms with Gasteiger partial charge in [-0.2, -0.15) is 4.31 Å². The number of rotatable bonds is 4. The summed E-state index contributed by atoms with van der Waals surface area (Å²) in [6, 6.07) is 0.230. The van der Waals surface area contributed by atoms with E-state index in [1.165, 1.54) is 6.26 Å². The molecule has 1 unspecified atom stereocenters. The maximum atomic E-state index is 11.9. The zero-order valence-corrected chi connectivity index (χ0v) is 15.4. The third-order valence-electron chi connectivity index (χ3n) is 5.45. The van der Waals surface area contributed by atoms with Crippen LogP contribution in [0, 0.1) is 0 Å². The standard InChI is InChI=1S/C16H29N3O4S/c1-3-17-16(20)18-8-6-14(7-9-18)23-15-10-12-4-5-13(11-15)19(12)24(2,21)22/h12-15H,3-11H2,1-2H3,(H,17,20)/t12-,13+,15?. The van der Waals surface area contributed by atoms with Gasteiger partial charge in [0.2, 0.25) is 10.0 Å². The van der Waals surface area contributed by atoms with E-state index in [9.17, 15) is 13.2 Å². The minimum absolute atomic E-state index is 0.00968. The summed E-state index contributed by atoms with van der Waals surface area (Å²) in [4.78, 5) is 13.7. The summed E-state index contributed by atoms with van der Waals surface area (Å²) in [5.41, 5.74) is 0. The fourth-order valence-electron chi connectivity index (χ4n) is 4.47. The van der Waals surface area contributed by atoms with E-state index in [1.54, 1.807) is 4.31 Å². The monoisotopic (exact) mass is 359 g/mol. The summed E-state index contributed by atoms with van der Waals surface area (Å²) in [5.74, 6) is 0. The molecule has 8 heteroatoms. The van der Waals surface area contributed by atoms with Gasteiger partial charge in [-0.25, -0.2) is 13.2 Å². The van der Waals surface area contributed by atoms with Crippen molar-refractivity contribution in [3.05, 3.63) is 0 Å². The van der Waals surface area contributed by atoms with Crippen LogP contribution in [0.2, 0.25) is 0 Å². The first-order valence-electron chi connectivity index (χ1n) is 9.05. The molecule has 3 rings (SSSR count). The number of carbonyl (C=O) groups excluding carboxylic acids is 1. The van der Waals surface area contributed by atoms with Crippen molar-refractivity contribution in [2.45, 2.75) is 69.7 Å². The quantitative estimate of drug-likeness (QED) is 0.817. The highest BCUT2D eigenvalue weighted by Crippen LogP contribution is 2.39. The van der Waals surface area contributed by atoms with E-state index in [1.807, 2.05) is 11.8 Å². The Morgan fingerprint density at radius 1 is 1.08 bits per heavy atom. The lowest BCUT2D eigenvalue weighted by atomic mass is 10.0. The Labute approximate surface area is 144 Å². The Morgan fingerprint density at radius 3 is 2.17 bits per heavy atom. The van der Waals surface area contributed by atoms with Crippen LogP contribution in [0.1, 0.15) is 45.4 Å². The van der Waals surface area contributed by atoms with Crippen molar-refractivity contribution in [1.29, 1.82) is 0 Å². The van der Waals surface area contributed by atoms with Crippen molar-refractivity contribution in [2.24, 2.45) is 0 Å². The van der Waals surface area contributed by atoms with Gasteiger partial charge in [0.25, 0.3) is 0 Å². The number of hydrogen-bond acceptors (Lipinski definition) is 4. The SMILES string of the molecule is CCNC(=O)N1CCC(OC2C[C@H]3CC[C@@H](C2)N3S(C)(=O)=O)CC1. The van der Waals surface area contributed by atoms with E-state index in [-0.39, 0.29) is 30.3 Å². The molecule has 138 valence electrons. The average Bonchev–Trinajstić information content (AvgIpc) is 2.81. The maximum Gasteiger partial charge on any atom is 0.317 e. The Hall–Kier alpha value is -0.860. The molecular formula is C16H29N3O4S. The lowest BCUT2D eigenvalue weighted by Gasteiger charge is -2.40. The Balaban J connectivity index is 1.48. The zero-order valence-electron chi connectivity index (χ0n) is 14.6. The maximum absolute atomic E-state index is 11.9. The third kappa shape index (κ3) is 3.86. The molecule has 2 amide bonds. The molecule has 3 aliphatic heterocycles. The second-order valence-electron chi connectivity index (χ2n) is 7.23. The smallest absolute Gasteiger partial charge is 0.317 e. The van der Waals surface area contributed by atoms with Crippen LogP contribution >= 0.6 is 0 Å². The first kappa shape index (κ1) is 17.9. The topological polar surface area (TPSA) is 79.0 Å². The lowest BCUT2D eigenvalue weighted by Crippen LogP contribution is -2.50. The van der Waals surface area contributed by atoms with E-state index in [0.717, 1.165) is 51.6 Å². The molecule has 3 atom stereocenters. The molecule has 0 aromatic rings. The minimum Gasteiger partial charge on any atom is -0.375 e. The third-order valence-corrected chi connectivity index (χ3v) is 6.81. The van der Waals surface area contributed by atoms with Gasteiger partial charge in [-0.3, -0.25) is 0 Å². The predicted molar refractivity (Wildman–Crippen MR) is 91.3 cm³/mol. The number of likely N-dealkylation sites (tertiary alicyclic amines) is 1. The normalized spacial score (nSPS) is 32.1. The van der Waals surface area contributed by atoms with E-state index in [2.05, 4.69) is 5.32 Å². The van der Waals surface area contributed by atoms with Crippen molar-refractivity contribution in [3.8, 4) is 0 Å². The molecule has 24 heavy (non-hydrogen) atoms. The molecule has 7 nitrogen and oxygen atoms in total. The fraction of sp³-hybridized carbons (Fsp3) is 0.938. The summed E-state index contributed by atoms with van der Waals surface area (Å²) >= 11 is 0. The number of nitrogens with zero attached hydrogens (tertiary/aromatic N) is 2. The number of carbonyl (C=O) groups is 1. The molecule has 3 saturated heterocycles. The largest absolute Gasteiger partial charge is 0.375 e. The zero-order chi connectivity index (χ0) is 17.3. The molecule has 3 fully saturated rings. The number of ether oxygens (including phenoxy) is 1. The minimum atomic E-state index is -3.11. The van der Waals surface area contributed by atoms with Crippen molar-refractivity contribution >= 4 is 16.1 Å². The van der Waals surface area contributed by atoms with Gasteiger partial charge in [0.15, 0.2) is 0 Å². The molecule has 0 radical (unpaired) electrons. The number of nitrogens with one attached hydrogen (secondary N) is 1. The molecular weight excluding hydrogens is 330 g/mol. The predicted octanol–water partition coefficient (Wildman–Crippen LogP) is 1.15. The average molecular weight is 359 g/mol. The summed E-state index contributed by atoms with van der Waals surface area (Å²) in [7, 11) is -3.11.